The Balaban J connectivity index is 1.46. The zero-order chi connectivity index (χ0) is 32.7. The molecule has 0 aromatic heterocycles. The summed E-state index contributed by atoms with van der Waals surface area (Å²) >= 11 is 0. The number of hydrogen-bond donors (Lipinski definition) is 1. The Morgan fingerprint density at radius 1 is 0.702 bits per heavy atom. The van der Waals surface area contributed by atoms with E-state index < -0.39 is 0 Å². The Morgan fingerprint density at radius 2 is 1.36 bits per heavy atom. The van der Waals surface area contributed by atoms with Crippen molar-refractivity contribution in [3.05, 3.63) is 94.0 Å². The van der Waals surface area contributed by atoms with E-state index in [4.69, 9.17) is 34.2 Å². The number of likely N-dealkylation sites (N-methyl/N-ethyl adjacent to an activating group) is 2. The van der Waals surface area contributed by atoms with Crippen LogP contribution in [0, 0.1) is 0 Å². The average molecular weight is 638 g/mol. The summed E-state index contributed by atoms with van der Waals surface area (Å²) in [5.74, 6) is 5.17. The van der Waals surface area contributed by atoms with E-state index in [1.807, 2.05) is 18.2 Å². The van der Waals surface area contributed by atoms with E-state index in [1.54, 1.807) is 21.3 Å². The van der Waals surface area contributed by atoms with Gasteiger partial charge in [0, 0.05) is 30.7 Å². The van der Waals surface area contributed by atoms with Crippen LogP contribution in [0.3, 0.4) is 0 Å². The van der Waals surface area contributed by atoms with Gasteiger partial charge in [-0.1, -0.05) is 18.2 Å². The molecule has 9 nitrogen and oxygen atoms in total. The van der Waals surface area contributed by atoms with Crippen LogP contribution in [-0.2, 0) is 25.7 Å². The molecule has 8 rings (SSSR count). The molecule has 0 unspecified atom stereocenters. The highest BCUT2D eigenvalue weighted by molar-refractivity contribution is 5.64. The molecule has 0 aliphatic carbocycles. The summed E-state index contributed by atoms with van der Waals surface area (Å²) in [4.78, 5) is 4.79. The predicted molar refractivity (Wildman–Crippen MR) is 181 cm³/mol. The SMILES string of the molecule is COc1cc2c3cc1Oc1c(OC)c(OC)cc4c1[C@@H](Cc1ccc(OCN)c(c1)Oc1ccc(cc1)C[C@@H]3N(C)CC2)N(C)CC4. The lowest BCUT2D eigenvalue weighted by atomic mass is 9.87. The number of benzene rings is 4. The molecule has 0 fully saturated rings. The number of nitrogens with zero attached hydrogens (tertiary/aromatic N) is 2. The van der Waals surface area contributed by atoms with Crippen LogP contribution in [0.5, 0.6) is 46.0 Å². The number of methoxy groups -OCH3 is 3. The summed E-state index contributed by atoms with van der Waals surface area (Å²) < 4.78 is 37.2. The second-order valence-electron chi connectivity index (χ2n) is 12.6. The molecule has 4 aromatic carbocycles. The van der Waals surface area contributed by atoms with Crippen molar-refractivity contribution >= 4 is 0 Å². The zero-order valence-electron chi connectivity index (χ0n) is 27.8. The number of ether oxygens (including phenoxy) is 6. The van der Waals surface area contributed by atoms with Crippen molar-refractivity contribution < 1.29 is 28.4 Å². The highest BCUT2D eigenvalue weighted by atomic mass is 16.5. The maximum Gasteiger partial charge on any atom is 0.204 e. The van der Waals surface area contributed by atoms with E-state index in [0.29, 0.717) is 46.7 Å². The first-order valence-electron chi connectivity index (χ1n) is 16.2. The Bertz CT molecular complexity index is 1770. The van der Waals surface area contributed by atoms with Crippen LogP contribution < -0.4 is 34.2 Å². The fraction of sp³-hybridized carbons (Fsp3) is 0.368. The van der Waals surface area contributed by atoms with Gasteiger partial charge in [0.2, 0.25) is 5.75 Å². The molecular weight excluding hydrogens is 594 g/mol. The van der Waals surface area contributed by atoms with E-state index in [1.165, 1.54) is 22.3 Å². The first kappa shape index (κ1) is 31.2. The third-order valence-corrected chi connectivity index (χ3v) is 9.87. The van der Waals surface area contributed by atoms with Gasteiger partial charge < -0.3 is 28.4 Å². The number of fused-ring (bicyclic) bond motifs is 2. The van der Waals surface area contributed by atoms with Crippen molar-refractivity contribution in [1.82, 2.24) is 9.80 Å². The van der Waals surface area contributed by atoms with Gasteiger partial charge in [-0.3, -0.25) is 15.5 Å². The van der Waals surface area contributed by atoms with E-state index >= 15 is 0 Å². The monoisotopic (exact) mass is 637 g/mol. The third kappa shape index (κ3) is 5.84. The van der Waals surface area contributed by atoms with Gasteiger partial charge in [-0.2, -0.15) is 0 Å². The van der Waals surface area contributed by atoms with Crippen LogP contribution in [0.4, 0.5) is 0 Å². The first-order chi connectivity index (χ1) is 22.9. The topological polar surface area (TPSA) is 87.9 Å². The third-order valence-electron chi connectivity index (χ3n) is 9.87. The molecular formula is C38H43N3O6. The Hall–Kier alpha value is -4.44. The highest BCUT2D eigenvalue weighted by Crippen LogP contribution is 2.52. The van der Waals surface area contributed by atoms with Crippen LogP contribution >= 0.6 is 0 Å². The molecule has 4 aliphatic rings. The molecule has 0 radical (unpaired) electrons. The maximum atomic E-state index is 7.03. The van der Waals surface area contributed by atoms with Crippen molar-refractivity contribution in [2.45, 2.75) is 37.8 Å². The van der Waals surface area contributed by atoms with Gasteiger partial charge in [0.25, 0.3) is 0 Å². The van der Waals surface area contributed by atoms with Crippen molar-refractivity contribution in [3.63, 3.8) is 0 Å². The summed E-state index contributed by atoms with van der Waals surface area (Å²) in [7, 11) is 9.38. The van der Waals surface area contributed by atoms with Gasteiger partial charge in [-0.15, -0.1) is 0 Å². The van der Waals surface area contributed by atoms with Crippen molar-refractivity contribution in [2.75, 3.05) is 55.2 Å². The zero-order valence-corrected chi connectivity index (χ0v) is 27.8. The summed E-state index contributed by atoms with van der Waals surface area (Å²) in [6.45, 7) is 1.89. The van der Waals surface area contributed by atoms with Gasteiger partial charge in [0.15, 0.2) is 34.5 Å². The molecule has 0 saturated heterocycles. The molecule has 4 aromatic rings. The quantitative estimate of drug-likeness (QED) is 0.248. The molecule has 6 bridgehead atoms. The molecule has 4 heterocycles. The van der Waals surface area contributed by atoms with E-state index in [2.05, 4.69) is 66.4 Å². The lowest BCUT2D eigenvalue weighted by molar-refractivity contribution is 0.220. The number of hydrogen-bond acceptors (Lipinski definition) is 9. The van der Waals surface area contributed by atoms with Crippen molar-refractivity contribution in [1.29, 1.82) is 0 Å². The molecule has 0 spiro atoms. The second kappa shape index (κ2) is 13.0. The molecule has 0 amide bonds. The van der Waals surface area contributed by atoms with E-state index in [-0.39, 0.29) is 18.8 Å². The van der Waals surface area contributed by atoms with Crippen LogP contribution in [0.2, 0.25) is 0 Å². The minimum Gasteiger partial charge on any atom is -0.493 e. The molecule has 2 atom stereocenters. The maximum absolute atomic E-state index is 7.03. The first-order valence-corrected chi connectivity index (χ1v) is 16.2. The summed E-state index contributed by atoms with van der Waals surface area (Å²) in [6.07, 6.45) is 3.31. The minimum atomic E-state index is -0.0247. The van der Waals surface area contributed by atoms with Crippen LogP contribution in [0.1, 0.15) is 45.5 Å². The molecule has 246 valence electrons. The Morgan fingerprint density at radius 3 is 2.09 bits per heavy atom. The highest BCUT2D eigenvalue weighted by Gasteiger charge is 2.34. The fourth-order valence-corrected chi connectivity index (χ4v) is 7.32. The fourth-order valence-electron chi connectivity index (χ4n) is 7.32. The van der Waals surface area contributed by atoms with Crippen LogP contribution in [0.15, 0.2) is 60.7 Å². The molecule has 0 saturated carbocycles. The second-order valence-corrected chi connectivity index (χ2v) is 12.6. The summed E-state index contributed by atoms with van der Waals surface area (Å²) in [5, 5.41) is 0. The van der Waals surface area contributed by atoms with Gasteiger partial charge in [-0.05, 0) is 110 Å². The van der Waals surface area contributed by atoms with Gasteiger partial charge in [0.05, 0.1) is 21.3 Å². The van der Waals surface area contributed by atoms with Gasteiger partial charge >= 0.3 is 0 Å². The minimum absolute atomic E-state index is 0.0247. The van der Waals surface area contributed by atoms with E-state index in [9.17, 15) is 0 Å². The summed E-state index contributed by atoms with van der Waals surface area (Å²) in [6, 6.07) is 20.9. The average Bonchev–Trinajstić information content (AvgIpc) is 3.08. The van der Waals surface area contributed by atoms with Crippen LogP contribution in [-0.4, -0.2) is 65.0 Å². The molecule has 47 heavy (non-hydrogen) atoms. The van der Waals surface area contributed by atoms with E-state index in [0.717, 1.165) is 49.2 Å². The largest absolute Gasteiger partial charge is 0.493 e. The van der Waals surface area contributed by atoms with Crippen LogP contribution in [0.25, 0.3) is 0 Å². The van der Waals surface area contributed by atoms with Gasteiger partial charge in [-0.25, -0.2) is 0 Å². The standard InChI is InChI=1S/C38H43N3O6/c1-40-14-12-25-19-32(42-3)34-21-28(25)29(40)16-23-6-9-27(10-7-23)46-33-18-24(8-11-31(33)45-22-39)17-30-36-26(13-15-41(30)2)20-35(43-4)37(44-5)38(36)47-34/h6-11,18-21,29-30H,12-17,22,39H2,1-5H3/t29-,30+/m0/s1. The van der Waals surface area contributed by atoms with Crippen molar-refractivity contribution in [2.24, 2.45) is 5.73 Å². The number of rotatable bonds is 5. The Labute approximate surface area is 276 Å². The Kier molecular flexibility index (Phi) is 8.61. The molecule has 4 aliphatic heterocycles. The lowest BCUT2D eigenvalue weighted by Crippen LogP contribution is -2.34. The van der Waals surface area contributed by atoms with Gasteiger partial charge in [0.1, 0.15) is 12.5 Å². The summed E-state index contributed by atoms with van der Waals surface area (Å²) in [5.41, 5.74) is 12.9. The lowest BCUT2D eigenvalue weighted by Gasteiger charge is -2.37. The molecule has 9 heteroatoms. The number of nitrogens with two attached hydrogens (primary N) is 1. The predicted octanol–water partition coefficient (Wildman–Crippen LogP) is 6.45. The normalized spacial score (nSPS) is 19.0. The molecule has 2 N–H and O–H groups in total. The van der Waals surface area contributed by atoms with Crippen molar-refractivity contribution in [3.8, 4) is 46.0 Å². The smallest absolute Gasteiger partial charge is 0.204 e.